The first-order valence-electron chi connectivity index (χ1n) is 11.8. The minimum Gasteiger partial charge on any atom is -0.497 e. The second-order valence-electron chi connectivity index (χ2n) is 9.09. The van der Waals surface area contributed by atoms with Crippen molar-refractivity contribution < 1.29 is 19.1 Å². The van der Waals surface area contributed by atoms with Crippen LogP contribution in [0, 0.1) is 13.8 Å². The molecule has 3 aromatic carbocycles. The smallest absolute Gasteiger partial charge is 0.321 e. The summed E-state index contributed by atoms with van der Waals surface area (Å²) < 4.78 is 9.84. The number of carbonyl (C=O) groups is 2. The number of ketones is 1. The van der Waals surface area contributed by atoms with Gasteiger partial charge in [0.2, 0.25) is 0 Å². The Morgan fingerprint density at radius 2 is 1.51 bits per heavy atom. The average molecular weight is 491 g/mol. The van der Waals surface area contributed by atoms with Gasteiger partial charge in [0.1, 0.15) is 11.7 Å². The van der Waals surface area contributed by atoms with Crippen molar-refractivity contribution in [2.24, 2.45) is 0 Å². The number of aryl methyl sites for hydroxylation is 2. The molecule has 0 spiro atoms. The van der Waals surface area contributed by atoms with Crippen LogP contribution in [0.1, 0.15) is 48.9 Å². The highest BCUT2D eigenvalue weighted by molar-refractivity contribution is 8.00. The standard InChI is InChI=1S/C30H34O4S/c1-7-34-29(32)27(26-20(2)17-24(18-21(26)3)23-11-9-8-10-12-23)28(31)30(4,5)35-19-22-13-15-25(33-6)16-14-22/h8-18,27H,7,19H2,1-6H3. The lowest BCUT2D eigenvalue weighted by molar-refractivity contribution is -0.148. The highest BCUT2D eigenvalue weighted by Gasteiger charge is 2.41. The maximum Gasteiger partial charge on any atom is 0.321 e. The Kier molecular flexibility index (Phi) is 8.79. The quantitative estimate of drug-likeness (QED) is 0.228. The van der Waals surface area contributed by atoms with Crippen LogP contribution >= 0.6 is 11.8 Å². The van der Waals surface area contributed by atoms with Gasteiger partial charge in [-0.25, -0.2) is 0 Å². The zero-order valence-corrected chi connectivity index (χ0v) is 22.2. The number of rotatable bonds is 10. The van der Waals surface area contributed by atoms with Crippen molar-refractivity contribution in [1.82, 2.24) is 0 Å². The van der Waals surface area contributed by atoms with Crippen LogP contribution in [0.15, 0.2) is 66.7 Å². The van der Waals surface area contributed by atoms with Crippen LogP contribution in [0.5, 0.6) is 5.75 Å². The molecule has 0 amide bonds. The Morgan fingerprint density at radius 3 is 2.06 bits per heavy atom. The first kappa shape index (κ1) is 26.6. The molecule has 0 aromatic heterocycles. The summed E-state index contributed by atoms with van der Waals surface area (Å²) in [7, 11) is 1.64. The lowest BCUT2D eigenvalue weighted by Gasteiger charge is -2.29. The van der Waals surface area contributed by atoms with Gasteiger partial charge in [-0.15, -0.1) is 11.8 Å². The third-order valence-corrected chi connectivity index (χ3v) is 7.53. The Labute approximate surface area is 213 Å². The van der Waals surface area contributed by atoms with Crippen molar-refractivity contribution in [2.75, 3.05) is 13.7 Å². The molecule has 184 valence electrons. The fourth-order valence-corrected chi connectivity index (χ4v) is 5.19. The number of esters is 1. The van der Waals surface area contributed by atoms with Crippen LogP contribution in [0.25, 0.3) is 11.1 Å². The van der Waals surface area contributed by atoms with Crippen molar-refractivity contribution >= 4 is 23.5 Å². The molecule has 4 nitrogen and oxygen atoms in total. The number of carbonyl (C=O) groups excluding carboxylic acids is 2. The van der Waals surface area contributed by atoms with E-state index in [0.29, 0.717) is 5.75 Å². The molecular formula is C30H34O4S. The summed E-state index contributed by atoms with van der Waals surface area (Å²) >= 11 is 1.53. The van der Waals surface area contributed by atoms with E-state index in [1.165, 1.54) is 11.8 Å². The highest BCUT2D eigenvalue weighted by Crippen LogP contribution is 2.38. The molecule has 0 aliphatic heterocycles. The van der Waals surface area contributed by atoms with Gasteiger partial charge < -0.3 is 9.47 Å². The Hall–Kier alpha value is -3.05. The monoisotopic (exact) mass is 490 g/mol. The molecule has 35 heavy (non-hydrogen) atoms. The summed E-state index contributed by atoms with van der Waals surface area (Å²) in [6, 6.07) is 22.0. The molecule has 0 aliphatic rings. The summed E-state index contributed by atoms with van der Waals surface area (Å²) in [5.41, 5.74) is 5.81. The van der Waals surface area contributed by atoms with E-state index < -0.39 is 16.6 Å². The minimum atomic E-state index is -0.974. The molecule has 0 saturated heterocycles. The van der Waals surface area contributed by atoms with Crippen molar-refractivity contribution in [3.63, 3.8) is 0 Å². The van der Waals surface area contributed by atoms with Crippen molar-refractivity contribution in [3.05, 3.63) is 89.0 Å². The summed E-state index contributed by atoms with van der Waals surface area (Å²) in [6.45, 7) is 9.69. The zero-order valence-electron chi connectivity index (χ0n) is 21.4. The number of thioether (sulfide) groups is 1. The van der Waals surface area contributed by atoms with Gasteiger partial charge >= 0.3 is 5.97 Å². The van der Waals surface area contributed by atoms with E-state index in [-0.39, 0.29) is 12.4 Å². The molecular weight excluding hydrogens is 456 g/mol. The summed E-state index contributed by atoms with van der Waals surface area (Å²) in [4.78, 5) is 27.1. The van der Waals surface area contributed by atoms with Crippen LogP contribution in [0.3, 0.4) is 0 Å². The van der Waals surface area contributed by atoms with Crippen LogP contribution in [0.2, 0.25) is 0 Å². The van der Waals surface area contributed by atoms with Gasteiger partial charge in [-0.2, -0.15) is 0 Å². The van der Waals surface area contributed by atoms with Crippen molar-refractivity contribution in [1.29, 1.82) is 0 Å². The SMILES string of the molecule is CCOC(=O)C(C(=O)C(C)(C)SCc1ccc(OC)cc1)c1c(C)cc(-c2ccccc2)cc1C. The predicted octanol–water partition coefficient (Wildman–Crippen LogP) is 6.91. The number of hydrogen-bond acceptors (Lipinski definition) is 5. The van der Waals surface area contributed by atoms with E-state index in [9.17, 15) is 9.59 Å². The van der Waals surface area contributed by atoms with Gasteiger partial charge in [0.05, 0.1) is 18.5 Å². The number of benzene rings is 3. The molecule has 0 aliphatic carbocycles. The highest BCUT2D eigenvalue weighted by atomic mass is 32.2. The van der Waals surface area contributed by atoms with Crippen LogP contribution < -0.4 is 4.74 Å². The molecule has 0 fully saturated rings. The maximum atomic E-state index is 13.9. The van der Waals surface area contributed by atoms with E-state index in [1.807, 2.05) is 70.2 Å². The Bertz CT molecular complexity index is 1140. The third-order valence-electron chi connectivity index (χ3n) is 6.13. The second-order valence-corrected chi connectivity index (χ2v) is 10.7. The van der Waals surface area contributed by atoms with Gasteiger partial charge in [-0.1, -0.05) is 54.6 Å². The fourth-order valence-electron chi connectivity index (χ4n) is 4.21. The van der Waals surface area contributed by atoms with Crippen LogP contribution in [-0.2, 0) is 20.1 Å². The molecule has 1 atom stereocenters. The summed E-state index contributed by atoms with van der Waals surface area (Å²) in [5, 5.41) is 0. The molecule has 1 unspecified atom stereocenters. The first-order valence-corrected chi connectivity index (χ1v) is 12.8. The largest absolute Gasteiger partial charge is 0.497 e. The third kappa shape index (κ3) is 6.34. The second kappa shape index (κ2) is 11.6. The lowest BCUT2D eigenvalue weighted by atomic mass is 9.82. The molecule has 5 heteroatoms. The normalized spacial score (nSPS) is 12.2. The molecule has 0 bridgehead atoms. The maximum absolute atomic E-state index is 13.9. The molecule has 0 N–H and O–H groups in total. The summed E-state index contributed by atoms with van der Waals surface area (Å²) in [5.74, 6) is -0.176. The number of Topliss-reactive ketones (excluding diaryl/α,β-unsaturated/α-hetero) is 1. The Morgan fingerprint density at radius 1 is 0.914 bits per heavy atom. The van der Waals surface area contributed by atoms with Crippen LogP contribution in [0.4, 0.5) is 0 Å². The Balaban J connectivity index is 1.93. The van der Waals surface area contributed by atoms with Gasteiger partial charge in [0.25, 0.3) is 0 Å². The van der Waals surface area contributed by atoms with E-state index in [2.05, 4.69) is 24.3 Å². The van der Waals surface area contributed by atoms with Gasteiger partial charge in [-0.3, -0.25) is 9.59 Å². The van der Waals surface area contributed by atoms with Crippen molar-refractivity contribution in [3.8, 4) is 16.9 Å². The topological polar surface area (TPSA) is 52.6 Å². The molecule has 0 heterocycles. The van der Waals surface area contributed by atoms with E-state index in [1.54, 1.807) is 14.0 Å². The number of hydrogen-bond donors (Lipinski definition) is 0. The molecule has 0 radical (unpaired) electrons. The van der Waals surface area contributed by atoms with E-state index in [0.717, 1.165) is 39.1 Å². The first-order chi connectivity index (χ1) is 16.7. The minimum absolute atomic E-state index is 0.145. The number of methoxy groups -OCH3 is 1. The van der Waals surface area contributed by atoms with Crippen LogP contribution in [-0.4, -0.2) is 30.2 Å². The molecule has 3 rings (SSSR count). The predicted molar refractivity (Wildman–Crippen MR) is 144 cm³/mol. The van der Waals surface area contributed by atoms with E-state index >= 15 is 0 Å². The molecule has 3 aromatic rings. The average Bonchev–Trinajstić information content (AvgIpc) is 2.85. The van der Waals surface area contributed by atoms with Gasteiger partial charge in [0.15, 0.2) is 5.78 Å². The van der Waals surface area contributed by atoms with Gasteiger partial charge in [-0.05, 0) is 80.1 Å². The number of ether oxygens (including phenoxy) is 2. The lowest BCUT2D eigenvalue weighted by Crippen LogP contribution is -2.38. The summed E-state index contributed by atoms with van der Waals surface area (Å²) in [6.07, 6.45) is 0. The van der Waals surface area contributed by atoms with Crippen molar-refractivity contribution in [2.45, 2.75) is 51.0 Å². The van der Waals surface area contributed by atoms with Gasteiger partial charge in [0, 0.05) is 5.75 Å². The fraction of sp³-hybridized carbons (Fsp3) is 0.333. The van der Waals surface area contributed by atoms with E-state index in [4.69, 9.17) is 9.47 Å². The zero-order chi connectivity index (χ0) is 25.6. The molecule has 0 saturated carbocycles.